The second kappa shape index (κ2) is 5.82. The first-order valence-corrected chi connectivity index (χ1v) is 6.65. The predicted molar refractivity (Wildman–Crippen MR) is 73.5 cm³/mol. The summed E-state index contributed by atoms with van der Waals surface area (Å²) in [4.78, 5) is 9.34. The van der Waals surface area contributed by atoms with Crippen LogP contribution in [0, 0.1) is 0 Å². The molecule has 2 unspecified atom stereocenters. The Kier molecular flexibility index (Phi) is 4.37. The van der Waals surface area contributed by atoms with E-state index in [-0.39, 0.29) is 0 Å². The highest BCUT2D eigenvalue weighted by Crippen LogP contribution is 2.20. The minimum absolute atomic E-state index is 0.323. The normalized spacial score (nSPS) is 24.3. The Bertz CT molecular complexity index is 375. The molecule has 18 heavy (non-hydrogen) atoms. The number of aryl methyl sites for hydroxylation is 1. The van der Waals surface area contributed by atoms with E-state index in [0.717, 1.165) is 25.3 Å². The monoisotopic (exact) mass is 251 g/mol. The first-order valence-electron chi connectivity index (χ1n) is 6.65. The Morgan fingerprint density at radius 2 is 2.17 bits per heavy atom. The van der Waals surface area contributed by atoms with Gasteiger partial charge in [0.2, 0.25) is 0 Å². The number of piperazine rings is 1. The van der Waals surface area contributed by atoms with Gasteiger partial charge in [-0.05, 0) is 27.6 Å². The van der Waals surface area contributed by atoms with Gasteiger partial charge in [0.1, 0.15) is 5.82 Å². The number of nitrogens with one attached hydrogen (secondary N) is 1. The maximum absolute atomic E-state index is 4.46. The molecule has 1 N–H and O–H groups in total. The number of hydrogen-bond donors (Lipinski definition) is 1. The summed E-state index contributed by atoms with van der Waals surface area (Å²) in [6.07, 6.45) is 4.98. The molecular formula is C13H25N5. The molecule has 0 saturated carbocycles. The van der Waals surface area contributed by atoms with Crippen LogP contribution in [0.3, 0.4) is 0 Å². The van der Waals surface area contributed by atoms with E-state index in [1.807, 2.05) is 19.4 Å². The van der Waals surface area contributed by atoms with Crippen LogP contribution in [0.15, 0.2) is 12.4 Å². The zero-order valence-corrected chi connectivity index (χ0v) is 11.9. The molecule has 0 radical (unpaired) electrons. The standard InChI is InChI=1S/C13H25N5/c1-14-12(13-15-5-6-18(13)4)9-11-10-16(2)7-8-17(11)3/h5-6,11-12,14H,7-10H2,1-4H3. The van der Waals surface area contributed by atoms with Gasteiger partial charge in [0, 0.05) is 45.1 Å². The maximum atomic E-state index is 4.46. The highest BCUT2D eigenvalue weighted by Gasteiger charge is 2.26. The van der Waals surface area contributed by atoms with E-state index in [2.05, 4.69) is 45.8 Å². The third-order valence-corrected chi connectivity index (χ3v) is 4.01. The van der Waals surface area contributed by atoms with E-state index in [1.54, 1.807) is 0 Å². The zero-order chi connectivity index (χ0) is 13.1. The van der Waals surface area contributed by atoms with Gasteiger partial charge >= 0.3 is 0 Å². The molecule has 1 aliphatic rings. The minimum Gasteiger partial charge on any atom is -0.337 e. The van der Waals surface area contributed by atoms with E-state index in [4.69, 9.17) is 0 Å². The van der Waals surface area contributed by atoms with Crippen LogP contribution in [0.5, 0.6) is 0 Å². The summed E-state index contributed by atoms with van der Waals surface area (Å²) in [5, 5.41) is 3.40. The minimum atomic E-state index is 0.323. The molecule has 0 spiro atoms. The first kappa shape index (κ1) is 13.5. The van der Waals surface area contributed by atoms with E-state index in [1.165, 1.54) is 6.54 Å². The van der Waals surface area contributed by atoms with E-state index in [0.29, 0.717) is 12.1 Å². The average Bonchev–Trinajstić information content (AvgIpc) is 2.77. The highest BCUT2D eigenvalue weighted by atomic mass is 15.3. The van der Waals surface area contributed by atoms with Crippen molar-refractivity contribution in [2.24, 2.45) is 7.05 Å². The van der Waals surface area contributed by atoms with Gasteiger partial charge in [0.05, 0.1) is 6.04 Å². The molecule has 0 bridgehead atoms. The molecule has 2 atom stereocenters. The van der Waals surface area contributed by atoms with Gasteiger partial charge in [0.15, 0.2) is 0 Å². The van der Waals surface area contributed by atoms with E-state index < -0.39 is 0 Å². The number of aromatic nitrogens is 2. The Hall–Kier alpha value is -0.910. The number of likely N-dealkylation sites (N-methyl/N-ethyl adjacent to an activating group) is 2. The summed E-state index contributed by atoms with van der Waals surface area (Å²) in [6.45, 7) is 3.46. The van der Waals surface area contributed by atoms with Gasteiger partial charge in [-0.2, -0.15) is 0 Å². The van der Waals surface area contributed by atoms with E-state index >= 15 is 0 Å². The summed E-state index contributed by atoms with van der Waals surface area (Å²) >= 11 is 0. The van der Waals surface area contributed by atoms with Gasteiger partial charge < -0.3 is 19.7 Å². The summed E-state index contributed by atoms with van der Waals surface area (Å²) in [6, 6.07) is 0.918. The smallest absolute Gasteiger partial charge is 0.125 e. The lowest BCUT2D eigenvalue weighted by atomic mass is 10.0. The zero-order valence-electron chi connectivity index (χ0n) is 11.9. The Balaban J connectivity index is 2.04. The second-order valence-corrected chi connectivity index (χ2v) is 5.37. The van der Waals surface area contributed by atoms with Gasteiger partial charge in [-0.3, -0.25) is 0 Å². The molecule has 1 aliphatic heterocycles. The summed E-state index contributed by atoms with van der Waals surface area (Å²) in [5.74, 6) is 1.12. The highest BCUT2D eigenvalue weighted by molar-refractivity contribution is 5.00. The fourth-order valence-corrected chi connectivity index (χ4v) is 2.69. The largest absolute Gasteiger partial charge is 0.337 e. The van der Waals surface area contributed by atoms with Gasteiger partial charge in [-0.1, -0.05) is 0 Å². The maximum Gasteiger partial charge on any atom is 0.125 e. The first-order chi connectivity index (χ1) is 8.61. The Labute approximate surface area is 110 Å². The summed E-state index contributed by atoms with van der Waals surface area (Å²) in [5.41, 5.74) is 0. The van der Waals surface area contributed by atoms with Crippen LogP contribution >= 0.6 is 0 Å². The summed E-state index contributed by atoms with van der Waals surface area (Å²) in [7, 11) is 8.51. The lowest BCUT2D eigenvalue weighted by Crippen LogP contribution is -2.51. The van der Waals surface area contributed by atoms with Crippen molar-refractivity contribution in [1.29, 1.82) is 0 Å². The van der Waals surface area contributed by atoms with Crippen molar-refractivity contribution in [2.75, 3.05) is 40.8 Å². The van der Waals surface area contributed by atoms with Crippen molar-refractivity contribution in [3.8, 4) is 0 Å². The van der Waals surface area contributed by atoms with Gasteiger partial charge in [0.25, 0.3) is 0 Å². The van der Waals surface area contributed by atoms with Crippen LogP contribution in [0.4, 0.5) is 0 Å². The molecule has 1 fully saturated rings. The number of rotatable bonds is 4. The molecule has 0 amide bonds. The van der Waals surface area contributed by atoms with Crippen LogP contribution < -0.4 is 5.32 Å². The number of imidazole rings is 1. The molecule has 1 aromatic heterocycles. The van der Waals surface area contributed by atoms with Crippen LogP contribution in [-0.2, 0) is 7.05 Å². The molecule has 102 valence electrons. The quantitative estimate of drug-likeness (QED) is 0.836. The van der Waals surface area contributed by atoms with Gasteiger partial charge in [-0.15, -0.1) is 0 Å². The van der Waals surface area contributed by atoms with Crippen LogP contribution in [0.25, 0.3) is 0 Å². The Morgan fingerprint density at radius 1 is 1.39 bits per heavy atom. The lowest BCUT2D eigenvalue weighted by molar-refractivity contribution is 0.101. The van der Waals surface area contributed by atoms with Crippen LogP contribution in [0.1, 0.15) is 18.3 Å². The molecule has 5 nitrogen and oxygen atoms in total. The van der Waals surface area contributed by atoms with Crippen molar-refractivity contribution in [3.05, 3.63) is 18.2 Å². The molecule has 0 aromatic carbocycles. The van der Waals surface area contributed by atoms with Crippen LogP contribution in [-0.4, -0.2) is 66.2 Å². The van der Waals surface area contributed by atoms with Gasteiger partial charge in [-0.25, -0.2) is 4.98 Å². The lowest BCUT2D eigenvalue weighted by Gasteiger charge is -2.39. The topological polar surface area (TPSA) is 36.3 Å². The number of nitrogens with zero attached hydrogens (tertiary/aromatic N) is 4. The summed E-state index contributed by atoms with van der Waals surface area (Å²) < 4.78 is 2.10. The second-order valence-electron chi connectivity index (χ2n) is 5.37. The van der Waals surface area contributed by atoms with Crippen LogP contribution in [0.2, 0.25) is 0 Å². The van der Waals surface area contributed by atoms with Crippen molar-refractivity contribution in [3.63, 3.8) is 0 Å². The molecule has 2 rings (SSSR count). The SMILES string of the molecule is CNC(CC1CN(C)CCN1C)c1nccn1C. The van der Waals surface area contributed by atoms with Crippen molar-refractivity contribution in [1.82, 2.24) is 24.7 Å². The average molecular weight is 251 g/mol. The third kappa shape index (κ3) is 2.91. The fourth-order valence-electron chi connectivity index (χ4n) is 2.69. The molecule has 2 heterocycles. The molecule has 0 aliphatic carbocycles. The molecule has 1 saturated heterocycles. The predicted octanol–water partition coefficient (Wildman–Crippen LogP) is 0.317. The van der Waals surface area contributed by atoms with Crippen molar-refractivity contribution in [2.45, 2.75) is 18.5 Å². The van der Waals surface area contributed by atoms with Crippen molar-refractivity contribution < 1.29 is 0 Å². The number of hydrogen-bond acceptors (Lipinski definition) is 4. The molecule has 5 heteroatoms. The molecule has 1 aromatic rings. The Morgan fingerprint density at radius 3 is 2.78 bits per heavy atom. The van der Waals surface area contributed by atoms with Crippen molar-refractivity contribution >= 4 is 0 Å². The van der Waals surface area contributed by atoms with E-state index in [9.17, 15) is 0 Å². The third-order valence-electron chi connectivity index (χ3n) is 4.01. The fraction of sp³-hybridized carbons (Fsp3) is 0.769. The molecular weight excluding hydrogens is 226 g/mol.